The third-order valence-electron chi connectivity index (χ3n) is 2.72. The van der Waals surface area contributed by atoms with Crippen LogP contribution in [0.4, 0.5) is 4.39 Å². The molecule has 0 aromatic rings. The molecule has 0 spiro atoms. The maximum atomic E-state index is 12.8. The van der Waals surface area contributed by atoms with Crippen LogP contribution in [0.2, 0.25) is 0 Å². The first-order chi connectivity index (χ1) is 4.29. The normalized spacial score (nSPS) is 56.7. The van der Waals surface area contributed by atoms with Gasteiger partial charge < -0.3 is 0 Å². The van der Waals surface area contributed by atoms with E-state index >= 15 is 0 Å². The minimum Gasteiger partial charge on any atom is -0.247 e. The van der Waals surface area contributed by atoms with Crippen LogP contribution < -0.4 is 0 Å². The van der Waals surface area contributed by atoms with Crippen LogP contribution in [0.5, 0.6) is 0 Å². The molecular formula is C7H10ClF. The average molecular weight is 149 g/mol. The molecule has 0 aromatic heterocycles. The Labute approximate surface area is 59.4 Å². The van der Waals surface area contributed by atoms with Crippen LogP contribution in [0, 0.1) is 11.8 Å². The third kappa shape index (κ3) is 0.706. The number of hydrogen-bond acceptors (Lipinski definition) is 0. The Bertz CT molecular complexity index is 126. The first-order valence-corrected chi connectivity index (χ1v) is 4.01. The topological polar surface area (TPSA) is 0 Å². The first-order valence-electron chi connectivity index (χ1n) is 3.57. The Morgan fingerprint density at radius 3 is 2.33 bits per heavy atom. The van der Waals surface area contributed by atoms with Crippen LogP contribution in [-0.4, -0.2) is 11.5 Å². The van der Waals surface area contributed by atoms with E-state index in [-0.39, 0.29) is 11.3 Å². The molecule has 2 rings (SSSR count). The highest BCUT2D eigenvalue weighted by atomic mass is 35.5. The summed E-state index contributed by atoms with van der Waals surface area (Å²) in [6.07, 6.45) is 2.35. The van der Waals surface area contributed by atoms with Gasteiger partial charge in [0.15, 0.2) is 0 Å². The highest BCUT2D eigenvalue weighted by Gasteiger charge is 2.47. The predicted molar refractivity (Wildman–Crippen MR) is 35.4 cm³/mol. The molecule has 2 bridgehead atoms. The van der Waals surface area contributed by atoms with Gasteiger partial charge in [0.05, 0.1) is 0 Å². The van der Waals surface area contributed by atoms with Gasteiger partial charge in [0.2, 0.25) is 0 Å². The zero-order valence-electron chi connectivity index (χ0n) is 5.19. The molecule has 2 fully saturated rings. The standard InChI is InChI=1S/C7H10ClF/c8-7-4-1-2-5(7)6(9)3-4/h4-7H,1-3H2/t4-,5+,6-,7-/m0/s1. The summed E-state index contributed by atoms with van der Waals surface area (Å²) in [6.45, 7) is 0. The average Bonchev–Trinajstić information content (AvgIpc) is 2.25. The van der Waals surface area contributed by atoms with Crippen molar-refractivity contribution in [2.45, 2.75) is 30.8 Å². The number of halogens is 2. The van der Waals surface area contributed by atoms with Crippen molar-refractivity contribution in [2.75, 3.05) is 0 Å². The third-order valence-corrected chi connectivity index (χ3v) is 3.40. The van der Waals surface area contributed by atoms with Gasteiger partial charge in [0.25, 0.3) is 0 Å². The van der Waals surface area contributed by atoms with Gasteiger partial charge in [-0.1, -0.05) is 0 Å². The van der Waals surface area contributed by atoms with Crippen molar-refractivity contribution in [3.05, 3.63) is 0 Å². The van der Waals surface area contributed by atoms with E-state index < -0.39 is 6.17 Å². The van der Waals surface area contributed by atoms with E-state index in [4.69, 9.17) is 11.6 Å². The molecule has 0 aliphatic heterocycles. The van der Waals surface area contributed by atoms with Crippen molar-refractivity contribution in [3.8, 4) is 0 Å². The van der Waals surface area contributed by atoms with Crippen LogP contribution in [0.25, 0.3) is 0 Å². The second kappa shape index (κ2) is 1.85. The lowest BCUT2D eigenvalue weighted by Gasteiger charge is -2.11. The molecule has 0 radical (unpaired) electrons. The van der Waals surface area contributed by atoms with Crippen molar-refractivity contribution >= 4 is 11.6 Å². The lowest BCUT2D eigenvalue weighted by atomic mass is 9.99. The van der Waals surface area contributed by atoms with Crippen molar-refractivity contribution in [2.24, 2.45) is 11.8 Å². The Hall–Kier alpha value is 0.220. The smallest absolute Gasteiger partial charge is 0.105 e. The van der Waals surface area contributed by atoms with Crippen LogP contribution in [0.3, 0.4) is 0 Å². The number of alkyl halides is 2. The molecule has 2 heteroatoms. The summed E-state index contributed by atoms with van der Waals surface area (Å²) in [5.74, 6) is 0.711. The van der Waals surface area contributed by atoms with Crippen molar-refractivity contribution in [1.82, 2.24) is 0 Å². The molecule has 4 atom stereocenters. The molecule has 0 amide bonds. The van der Waals surface area contributed by atoms with Crippen molar-refractivity contribution < 1.29 is 4.39 Å². The highest BCUT2D eigenvalue weighted by Crippen LogP contribution is 2.48. The molecule has 0 aromatic carbocycles. The molecule has 2 aliphatic carbocycles. The van der Waals surface area contributed by atoms with Gasteiger partial charge in [-0.3, -0.25) is 0 Å². The minimum absolute atomic E-state index is 0.167. The zero-order chi connectivity index (χ0) is 6.43. The minimum atomic E-state index is -0.578. The van der Waals surface area contributed by atoms with Crippen LogP contribution in [0.15, 0.2) is 0 Å². The van der Waals surface area contributed by atoms with Crippen molar-refractivity contribution in [1.29, 1.82) is 0 Å². The first kappa shape index (κ1) is 5.96. The Kier molecular flexibility index (Phi) is 1.23. The Morgan fingerprint density at radius 1 is 1.33 bits per heavy atom. The second-order valence-electron chi connectivity index (χ2n) is 3.20. The largest absolute Gasteiger partial charge is 0.247 e. The SMILES string of the molecule is F[C@H]1C[C@@H]2CC[C@H]1[C@H]2Cl. The van der Waals surface area contributed by atoms with E-state index in [1.165, 1.54) is 6.42 Å². The van der Waals surface area contributed by atoms with Crippen LogP contribution in [-0.2, 0) is 0 Å². The predicted octanol–water partition coefficient (Wildman–Crippen LogP) is 2.36. The van der Waals surface area contributed by atoms with Gasteiger partial charge in [-0.05, 0) is 25.2 Å². The maximum absolute atomic E-state index is 12.8. The Morgan fingerprint density at radius 2 is 2.11 bits per heavy atom. The molecule has 0 unspecified atom stereocenters. The fraction of sp³-hybridized carbons (Fsp3) is 1.00. The molecular weight excluding hydrogens is 139 g/mol. The van der Waals surface area contributed by atoms with E-state index in [9.17, 15) is 4.39 Å². The summed E-state index contributed by atoms with van der Waals surface area (Å²) in [4.78, 5) is 0. The molecule has 2 aliphatic rings. The summed E-state index contributed by atoms with van der Waals surface area (Å²) >= 11 is 5.93. The van der Waals surface area contributed by atoms with E-state index in [1.807, 2.05) is 0 Å². The lowest BCUT2D eigenvalue weighted by molar-refractivity contribution is 0.231. The monoisotopic (exact) mass is 148 g/mol. The highest BCUT2D eigenvalue weighted by molar-refractivity contribution is 6.21. The molecule has 2 saturated carbocycles. The van der Waals surface area contributed by atoms with Gasteiger partial charge in [0.1, 0.15) is 6.17 Å². The van der Waals surface area contributed by atoms with Crippen LogP contribution in [0.1, 0.15) is 19.3 Å². The number of hydrogen-bond donors (Lipinski definition) is 0. The summed E-state index contributed by atoms with van der Waals surface area (Å²) in [5.41, 5.74) is 0. The maximum Gasteiger partial charge on any atom is 0.105 e. The van der Waals surface area contributed by atoms with Gasteiger partial charge in [-0.25, -0.2) is 4.39 Å². The molecule has 52 valence electrons. The summed E-state index contributed by atoms with van der Waals surface area (Å²) in [7, 11) is 0. The molecule has 0 nitrogen and oxygen atoms in total. The molecule has 9 heavy (non-hydrogen) atoms. The Balaban J connectivity index is 2.16. The van der Waals surface area contributed by atoms with E-state index in [0.29, 0.717) is 5.92 Å². The summed E-state index contributed by atoms with van der Waals surface area (Å²) in [5, 5.41) is 0.167. The van der Waals surface area contributed by atoms with Crippen LogP contribution >= 0.6 is 11.6 Å². The summed E-state index contributed by atoms with van der Waals surface area (Å²) < 4.78 is 12.8. The summed E-state index contributed by atoms with van der Waals surface area (Å²) in [6, 6.07) is 0. The molecule has 0 saturated heterocycles. The van der Waals surface area contributed by atoms with Gasteiger partial charge in [0, 0.05) is 11.3 Å². The second-order valence-corrected chi connectivity index (χ2v) is 3.70. The van der Waals surface area contributed by atoms with Gasteiger partial charge in [-0.15, -0.1) is 11.6 Å². The quantitative estimate of drug-likeness (QED) is 0.463. The molecule has 0 heterocycles. The van der Waals surface area contributed by atoms with E-state index in [0.717, 1.165) is 12.8 Å². The number of fused-ring (bicyclic) bond motifs is 2. The van der Waals surface area contributed by atoms with Crippen molar-refractivity contribution in [3.63, 3.8) is 0 Å². The lowest BCUT2D eigenvalue weighted by Crippen LogP contribution is -2.12. The molecule has 0 N–H and O–H groups in total. The van der Waals surface area contributed by atoms with E-state index in [1.54, 1.807) is 0 Å². The zero-order valence-corrected chi connectivity index (χ0v) is 5.94. The number of rotatable bonds is 0. The fourth-order valence-electron chi connectivity index (χ4n) is 2.17. The van der Waals surface area contributed by atoms with Gasteiger partial charge in [-0.2, -0.15) is 0 Å². The fourth-order valence-corrected chi connectivity index (χ4v) is 2.68. The van der Waals surface area contributed by atoms with Gasteiger partial charge >= 0.3 is 0 Å². The van der Waals surface area contributed by atoms with E-state index in [2.05, 4.69) is 0 Å².